The van der Waals surface area contributed by atoms with E-state index in [1.165, 1.54) is 10.5 Å². The molecule has 2 N–H and O–H groups in total. The Kier molecular flexibility index (Phi) is 7.08. The van der Waals surface area contributed by atoms with E-state index in [2.05, 4.69) is 24.5 Å². The Labute approximate surface area is 205 Å². The van der Waals surface area contributed by atoms with E-state index in [4.69, 9.17) is 11.6 Å². The standard InChI is InChI=1S/C27H30ClN3O3/c1-16(2)18-11-13-20(14-12-18)29-25(32)19-10-9-17(3)22(15-19)30-24-23(28)26(33)31(27(24)34)21-7-5-4-6-8-21/h9-16,21,30H,4-8H2,1-3H3,(H,29,32). The van der Waals surface area contributed by atoms with E-state index in [-0.39, 0.29) is 22.7 Å². The second-order valence-corrected chi connectivity index (χ2v) is 9.72. The summed E-state index contributed by atoms with van der Waals surface area (Å²) in [6.45, 7) is 6.10. The van der Waals surface area contributed by atoms with Crippen molar-refractivity contribution in [1.29, 1.82) is 0 Å². The number of carbonyl (C=O) groups is 3. The van der Waals surface area contributed by atoms with E-state index >= 15 is 0 Å². The van der Waals surface area contributed by atoms with E-state index in [0.717, 1.165) is 37.7 Å². The molecule has 1 aliphatic carbocycles. The van der Waals surface area contributed by atoms with Gasteiger partial charge in [0.05, 0.1) is 0 Å². The summed E-state index contributed by atoms with van der Waals surface area (Å²) in [5.41, 5.74) is 3.78. The molecule has 1 aliphatic heterocycles. The second-order valence-electron chi connectivity index (χ2n) is 9.35. The van der Waals surface area contributed by atoms with Crippen LogP contribution in [-0.4, -0.2) is 28.7 Å². The van der Waals surface area contributed by atoms with Gasteiger partial charge in [0.15, 0.2) is 0 Å². The van der Waals surface area contributed by atoms with Crippen LogP contribution in [0.25, 0.3) is 0 Å². The lowest BCUT2D eigenvalue weighted by Crippen LogP contribution is -2.42. The molecule has 1 heterocycles. The summed E-state index contributed by atoms with van der Waals surface area (Å²) < 4.78 is 0. The Hall–Kier alpha value is -3.12. The summed E-state index contributed by atoms with van der Waals surface area (Å²) >= 11 is 6.31. The molecule has 6 nitrogen and oxygen atoms in total. The highest BCUT2D eigenvalue weighted by Crippen LogP contribution is 2.33. The predicted molar refractivity (Wildman–Crippen MR) is 135 cm³/mol. The summed E-state index contributed by atoms with van der Waals surface area (Å²) in [5.74, 6) is -0.701. The van der Waals surface area contributed by atoms with Gasteiger partial charge < -0.3 is 10.6 Å². The predicted octanol–water partition coefficient (Wildman–Crippen LogP) is 5.93. The summed E-state index contributed by atoms with van der Waals surface area (Å²) in [5, 5.41) is 5.85. The van der Waals surface area contributed by atoms with E-state index < -0.39 is 11.8 Å². The van der Waals surface area contributed by atoms with Crippen LogP contribution in [0, 0.1) is 6.92 Å². The van der Waals surface area contributed by atoms with Crippen molar-refractivity contribution in [2.24, 2.45) is 0 Å². The molecule has 2 aromatic carbocycles. The number of benzene rings is 2. The van der Waals surface area contributed by atoms with Crippen molar-refractivity contribution >= 4 is 40.7 Å². The first-order valence-corrected chi connectivity index (χ1v) is 12.2. The quantitative estimate of drug-likeness (QED) is 0.503. The van der Waals surface area contributed by atoms with Crippen LogP contribution in [0.2, 0.25) is 0 Å². The molecule has 0 unspecified atom stereocenters. The van der Waals surface area contributed by atoms with Gasteiger partial charge in [0.2, 0.25) is 0 Å². The minimum absolute atomic E-state index is 0.0715. The summed E-state index contributed by atoms with van der Waals surface area (Å²) in [6, 6.07) is 12.8. The maximum atomic E-state index is 13.1. The fourth-order valence-electron chi connectivity index (χ4n) is 4.49. The summed E-state index contributed by atoms with van der Waals surface area (Å²) in [4.78, 5) is 40.0. The topological polar surface area (TPSA) is 78.5 Å². The van der Waals surface area contributed by atoms with Crippen molar-refractivity contribution in [3.63, 3.8) is 0 Å². The van der Waals surface area contributed by atoms with Crippen molar-refractivity contribution < 1.29 is 14.4 Å². The van der Waals surface area contributed by atoms with Crippen LogP contribution in [0.15, 0.2) is 53.2 Å². The monoisotopic (exact) mass is 479 g/mol. The molecule has 2 aromatic rings. The van der Waals surface area contributed by atoms with Gasteiger partial charge in [0.1, 0.15) is 10.7 Å². The molecule has 2 aliphatic rings. The van der Waals surface area contributed by atoms with E-state index in [1.54, 1.807) is 18.2 Å². The molecule has 0 atom stereocenters. The Bertz CT molecular complexity index is 1150. The number of nitrogens with one attached hydrogen (secondary N) is 2. The molecule has 4 rings (SSSR count). The number of amides is 3. The average Bonchev–Trinajstić information content (AvgIpc) is 3.04. The SMILES string of the molecule is Cc1ccc(C(=O)Nc2ccc(C(C)C)cc2)cc1NC1=C(Cl)C(=O)N(C2CCCCC2)C1=O. The van der Waals surface area contributed by atoms with Gasteiger partial charge in [0, 0.05) is 23.0 Å². The van der Waals surface area contributed by atoms with Crippen molar-refractivity contribution in [2.45, 2.75) is 64.8 Å². The van der Waals surface area contributed by atoms with Crippen LogP contribution in [0.5, 0.6) is 0 Å². The lowest BCUT2D eigenvalue weighted by molar-refractivity contribution is -0.140. The Morgan fingerprint density at radius 3 is 2.32 bits per heavy atom. The summed E-state index contributed by atoms with van der Waals surface area (Å²) in [7, 11) is 0. The number of aryl methyl sites for hydroxylation is 1. The van der Waals surface area contributed by atoms with Gasteiger partial charge in [0.25, 0.3) is 17.7 Å². The van der Waals surface area contributed by atoms with Crippen LogP contribution in [0.3, 0.4) is 0 Å². The zero-order valence-corrected chi connectivity index (χ0v) is 20.5. The molecule has 0 aromatic heterocycles. The Morgan fingerprint density at radius 2 is 1.68 bits per heavy atom. The Balaban J connectivity index is 1.51. The fraction of sp³-hybridized carbons (Fsp3) is 0.370. The number of imide groups is 1. The molecule has 1 saturated carbocycles. The van der Waals surface area contributed by atoms with Gasteiger partial charge in [-0.1, -0.05) is 62.9 Å². The molecule has 1 fully saturated rings. The highest BCUT2D eigenvalue weighted by molar-refractivity contribution is 6.48. The number of nitrogens with zero attached hydrogens (tertiary/aromatic N) is 1. The Morgan fingerprint density at radius 1 is 1.00 bits per heavy atom. The molecule has 3 amide bonds. The van der Waals surface area contributed by atoms with Crippen LogP contribution in [0.4, 0.5) is 11.4 Å². The lowest BCUT2D eigenvalue weighted by atomic mass is 9.94. The van der Waals surface area contributed by atoms with E-state index in [9.17, 15) is 14.4 Å². The van der Waals surface area contributed by atoms with Crippen LogP contribution in [0.1, 0.15) is 73.4 Å². The maximum Gasteiger partial charge on any atom is 0.279 e. The molecular formula is C27H30ClN3O3. The van der Waals surface area contributed by atoms with Crippen LogP contribution in [-0.2, 0) is 9.59 Å². The number of anilines is 2. The third-order valence-electron chi connectivity index (χ3n) is 6.59. The molecule has 178 valence electrons. The average molecular weight is 480 g/mol. The smallest absolute Gasteiger partial charge is 0.279 e. The van der Waals surface area contributed by atoms with Gasteiger partial charge in [-0.25, -0.2) is 0 Å². The van der Waals surface area contributed by atoms with Gasteiger partial charge >= 0.3 is 0 Å². The van der Waals surface area contributed by atoms with E-state index in [1.807, 2.05) is 31.2 Å². The molecule has 0 spiro atoms. The van der Waals surface area contributed by atoms with Gasteiger partial charge in [-0.05, 0) is 61.1 Å². The third-order valence-corrected chi connectivity index (χ3v) is 6.94. The van der Waals surface area contributed by atoms with Crippen molar-refractivity contribution in [3.8, 4) is 0 Å². The first kappa shape index (κ1) is 24.0. The highest BCUT2D eigenvalue weighted by Gasteiger charge is 2.42. The number of carbonyl (C=O) groups excluding carboxylic acids is 3. The number of hydrogen-bond acceptors (Lipinski definition) is 4. The largest absolute Gasteiger partial charge is 0.349 e. The molecule has 0 radical (unpaired) electrons. The molecule has 7 heteroatoms. The van der Waals surface area contributed by atoms with E-state index in [0.29, 0.717) is 22.9 Å². The lowest BCUT2D eigenvalue weighted by Gasteiger charge is -2.29. The number of rotatable bonds is 6. The highest BCUT2D eigenvalue weighted by atomic mass is 35.5. The first-order chi connectivity index (χ1) is 16.3. The minimum atomic E-state index is -0.447. The van der Waals surface area contributed by atoms with Gasteiger partial charge in [-0.2, -0.15) is 0 Å². The van der Waals surface area contributed by atoms with Crippen molar-refractivity contribution in [1.82, 2.24) is 4.90 Å². The van der Waals surface area contributed by atoms with Crippen molar-refractivity contribution in [3.05, 3.63) is 69.9 Å². The normalized spacial score (nSPS) is 17.0. The third kappa shape index (κ3) is 4.87. The van der Waals surface area contributed by atoms with Crippen LogP contribution >= 0.6 is 11.6 Å². The number of hydrogen-bond donors (Lipinski definition) is 2. The first-order valence-electron chi connectivity index (χ1n) is 11.8. The number of halogens is 1. The van der Waals surface area contributed by atoms with Crippen molar-refractivity contribution in [2.75, 3.05) is 10.6 Å². The molecule has 34 heavy (non-hydrogen) atoms. The zero-order valence-electron chi connectivity index (χ0n) is 19.8. The molecular weight excluding hydrogens is 450 g/mol. The fourth-order valence-corrected chi connectivity index (χ4v) is 4.70. The maximum absolute atomic E-state index is 13.1. The summed E-state index contributed by atoms with van der Waals surface area (Å²) in [6.07, 6.45) is 4.73. The zero-order chi connectivity index (χ0) is 24.4. The molecule has 0 bridgehead atoms. The second kappa shape index (κ2) is 10.0. The van der Waals surface area contributed by atoms with Gasteiger partial charge in [-0.15, -0.1) is 0 Å². The van der Waals surface area contributed by atoms with Gasteiger partial charge in [-0.3, -0.25) is 19.3 Å². The minimum Gasteiger partial charge on any atom is -0.349 e. The molecule has 0 saturated heterocycles. The van der Waals surface area contributed by atoms with Crippen LogP contribution < -0.4 is 10.6 Å².